The highest BCUT2D eigenvalue weighted by molar-refractivity contribution is 7.15. The topological polar surface area (TPSA) is 121 Å². The van der Waals surface area contributed by atoms with Gasteiger partial charge in [0.15, 0.2) is 5.13 Å². The number of nitrogens with zero attached hydrogens (tertiary/aromatic N) is 4. The fourth-order valence-corrected chi connectivity index (χ4v) is 4.57. The molecule has 3 heterocycles. The maximum absolute atomic E-state index is 12.6. The molecule has 0 saturated carbocycles. The Morgan fingerprint density at radius 3 is 2.82 bits per heavy atom. The fraction of sp³-hybridized carbons (Fsp3) is 0.286. The molecule has 0 aliphatic carbocycles. The van der Waals surface area contributed by atoms with Crippen molar-refractivity contribution in [2.24, 2.45) is 0 Å². The lowest BCUT2D eigenvalue weighted by molar-refractivity contribution is 0.0956. The Hall–Kier alpha value is -3.44. The molecule has 0 radical (unpaired) electrons. The molecule has 3 N–H and O–H groups in total. The smallest absolute Gasteiger partial charge is 0.325 e. The first-order chi connectivity index (χ1) is 16.0. The molecule has 0 bridgehead atoms. The van der Waals surface area contributed by atoms with Gasteiger partial charge in [-0.2, -0.15) is 9.97 Å². The second-order valence-electron chi connectivity index (χ2n) is 7.08. The molecule has 4 rings (SSSR count). The van der Waals surface area contributed by atoms with E-state index in [1.54, 1.807) is 30.3 Å². The monoisotopic (exact) mass is 487 g/mol. The lowest BCUT2D eigenvalue weighted by atomic mass is 10.1. The minimum absolute atomic E-state index is 0.208. The summed E-state index contributed by atoms with van der Waals surface area (Å²) in [6, 6.07) is 8.26. The van der Waals surface area contributed by atoms with Crippen LogP contribution in [0.15, 0.2) is 30.3 Å². The molecule has 10 nitrogen and oxygen atoms in total. The van der Waals surface area contributed by atoms with Crippen molar-refractivity contribution in [3.8, 4) is 6.01 Å². The fourth-order valence-electron chi connectivity index (χ4n) is 3.38. The summed E-state index contributed by atoms with van der Waals surface area (Å²) >= 11 is 7.47. The SMILES string of the molecule is CCNC(=O)c1ccccc1NC(=O)Nc1nc2c(s1)CN(c1cc(Cl)nc(OC)n1)CC2. The molecule has 0 spiro atoms. The Morgan fingerprint density at radius 1 is 1.21 bits per heavy atom. The van der Waals surface area contributed by atoms with Crippen molar-refractivity contribution in [1.29, 1.82) is 0 Å². The van der Waals surface area contributed by atoms with E-state index in [1.807, 2.05) is 6.92 Å². The van der Waals surface area contributed by atoms with E-state index in [4.69, 9.17) is 16.3 Å². The van der Waals surface area contributed by atoms with E-state index in [1.165, 1.54) is 18.4 Å². The molecule has 0 fully saturated rings. The van der Waals surface area contributed by atoms with Gasteiger partial charge in [0.25, 0.3) is 5.91 Å². The van der Waals surface area contributed by atoms with Crippen LogP contribution < -0.4 is 25.6 Å². The molecule has 33 heavy (non-hydrogen) atoms. The minimum Gasteiger partial charge on any atom is -0.467 e. The number of carbonyl (C=O) groups is 2. The Labute approximate surface area is 199 Å². The summed E-state index contributed by atoms with van der Waals surface area (Å²) in [6.45, 7) is 3.60. The number of aromatic nitrogens is 3. The first-order valence-corrected chi connectivity index (χ1v) is 11.4. The van der Waals surface area contributed by atoms with Crippen molar-refractivity contribution in [1.82, 2.24) is 20.3 Å². The molecule has 1 aliphatic heterocycles. The van der Waals surface area contributed by atoms with Crippen LogP contribution in [-0.2, 0) is 13.0 Å². The number of amides is 3. The van der Waals surface area contributed by atoms with E-state index < -0.39 is 6.03 Å². The van der Waals surface area contributed by atoms with E-state index in [-0.39, 0.29) is 11.9 Å². The summed E-state index contributed by atoms with van der Waals surface area (Å²) < 4.78 is 5.11. The summed E-state index contributed by atoms with van der Waals surface area (Å²) in [5.74, 6) is 0.416. The van der Waals surface area contributed by atoms with Crippen LogP contribution in [0.5, 0.6) is 6.01 Å². The quantitative estimate of drug-likeness (QED) is 0.454. The molecular weight excluding hydrogens is 466 g/mol. The van der Waals surface area contributed by atoms with E-state index in [0.29, 0.717) is 53.4 Å². The number of thiazole rings is 1. The largest absolute Gasteiger partial charge is 0.467 e. The van der Waals surface area contributed by atoms with E-state index in [2.05, 4.69) is 35.8 Å². The van der Waals surface area contributed by atoms with Crippen LogP contribution in [0, 0.1) is 0 Å². The zero-order valence-electron chi connectivity index (χ0n) is 18.0. The first-order valence-electron chi connectivity index (χ1n) is 10.2. The van der Waals surface area contributed by atoms with Gasteiger partial charge >= 0.3 is 12.0 Å². The molecule has 3 amide bonds. The van der Waals surface area contributed by atoms with Crippen molar-refractivity contribution in [3.05, 3.63) is 51.6 Å². The highest BCUT2D eigenvalue weighted by atomic mass is 35.5. The van der Waals surface area contributed by atoms with Crippen molar-refractivity contribution in [2.75, 3.05) is 35.7 Å². The highest BCUT2D eigenvalue weighted by Gasteiger charge is 2.23. The molecule has 3 aromatic rings. The average molecular weight is 488 g/mol. The van der Waals surface area contributed by atoms with Crippen molar-refractivity contribution >= 4 is 51.5 Å². The number of ether oxygens (including phenoxy) is 1. The number of halogens is 1. The van der Waals surface area contributed by atoms with Gasteiger partial charge < -0.3 is 20.3 Å². The maximum Gasteiger partial charge on any atom is 0.325 e. The van der Waals surface area contributed by atoms with Crippen molar-refractivity contribution < 1.29 is 14.3 Å². The second-order valence-corrected chi connectivity index (χ2v) is 8.55. The average Bonchev–Trinajstić information content (AvgIpc) is 3.20. The van der Waals surface area contributed by atoms with Crippen LogP contribution >= 0.6 is 22.9 Å². The zero-order valence-corrected chi connectivity index (χ0v) is 19.6. The van der Waals surface area contributed by atoms with Gasteiger partial charge in [-0.15, -0.1) is 0 Å². The number of hydrogen-bond acceptors (Lipinski definition) is 8. The van der Waals surface area contributed by atoms with Crippen molar-refractivity contribution in [2.45, 2.75) is 19.9 Å². The van der Waals surface area contributed by atoms with Gasteiger partial charge in [0, 0.05) is 30.5 Å². The third-order valence-corrected chi connectivity index (χ3v) is 6.07. The van der Waals surface area contributed by atoms with Gasteiger partial charge in [-0.1, -0.05) is 35.1 Å². The number of nitrogens with one attached hydrogen (secondary N) is 3. The van der Waals surface area contributed by atoms with E-state index in [0.717, 1.165) is 10.6 Å². The van der Waals surface area contributed by atoms with Crippen molar-refractivity contribution in [3.63, 3.8) is 0 Å². The van der Waals surface area contributed by atoms with Crippen LogP contribution in [0.25, 0.3) is 0 Å². The van der Waals surface area contributed by atoms with Crippen LogP contribution in [0.3, 0.4) is 0 Å². The molecule has 0 saturated heterocycles. The minimum atomic E-state index is -0.470. The zero-order chi connectivity index (χ0) is 23.4. The Bertz CT molecular complexity index is 1190. The molecule has 1 aromatic carbocycles. The van der Waals surface area contributed by atoms with Gasteiger partial charge in [-0.25, -0.2) is 9.78 Å². The molecular formula is C21H22ClN7O3S. The molecule has 2 aromatic heterocycles. The molecule has 0 atom stereocenters. The normalized spacial score (nSPS) is 12.6. The van der Waals surface area contributed by atoms with Crippen LogP contribution in [0.1, 0.15) is 27.9 Å². The lowest BCUT2D eigenvalue weighted by Gasteiger charge is -2.27. The van der Waals surface area contributed by atoms with Gasteiger partial charge in [-0.3, -0.25) is 10.1 Å². The second kappa shape index (κ2) is 10.0. The number of fused-ring (bicyclic) bond motifs is 1. The third kappa shape index (κ3) is 5.32. The summed E-state index contributed by atoms with van der Waals surface area (Å²) in [4.78, 5) is 40.8. The number of para-hydroxylation sites is 1. The third-order valence-electron chi connectivity index (χ3n) is 4.88. The Morgan fingerprint density at radius 2 is 2.03 bits per heavy atom. The predicted molar refractivity (Wildman–Crippen MR) is 128 cm³/mol. The van der Waals surface area contributed by atoms with Gasteiger partial charge in [-0.05, 0) is 19.1 Å². The number of carbonyl (C=O) groups excluding carboxylic acids is 2. The summed E-state index contributed by atoms with van der Waals surface area (Å²) in [5.41, 5.74) is 1.74. The number of urea groups is 1. The Kier molecular flexibility index (Phi) is 6.90. The molecule has 172 valence electrons. The van der Waals surface area contributed by atoms with Crippen LogP contribution in [0.2, 0.25) is 5.15 Å². The number of anilines is 3. The predicted octanol–water partition coefficient (Wildman–Crippen LogP) is 3.55. The molecule has 1 aliphatic rings. The number of rotatable bonds is 6. The van der Waals surface area contributed by atoms with Crippen LogP contribution in [0.4, 0.5) is 21.4 Å². The number of benzene rings is 1. The lowest BCUT2D eigenvalue weighted by Crippen LogP contribution is -2.30. The van der Waals surface area contributed by atoms with Crippen LogP contribution in [-0.4, -0.2) is 47.1 Å². The van der Waals surface area contributed by atoms with E-state index >= 15 is 0 Å². The van der Waals surface area contributed by atoms with Gasteiger partial charge in [0.1, 0.15) is 11.0 Å². The van der Waals surface area contributed by atoms with Gasteiger partial charge in [0.05, 0.1) is 30.6 Å². The number of hydrogen-bond donors (Lipinski definition) is 3. The Balaban J connectivity index is 1.44. The maximum atomic E-state index is 12.6. The van der Waals surface area contributed by atoms with E-state index in [9.17, 15) is 9.59 Å². The summed E-state index contributed by atoms with van der Waals surface area (Å²) in [7, 11) is 1.49. The molecule has 0 unspecified atom stereocenters. The van der Waals surface area contributed by atoms with Gasteiger partial charge in [0.2, 0.25) is 0 Å². The summed E-state index contributed by atoms with van der Waals surface area (Å²) in [5, 5.41) is 9.02. The summed E-state index contributed by atoms with van der Waals surface area (Å²) in [6.07, 6.45) is 0.694. The first kappa shape index (κ1) is 22.7. The number of methoxy groups -OCH3 is 1. The molecule has 12 heteroatoms. The highest BCUT2D eigenvalue weighted by Crippen LogP contribution is 2.31. The standard InChI is InChI=1S/C21H22ClN7O3S/c1-3-23-18(30)12-6-4-5-7-13(12)24-19(31)28-21-25-14-8-9-29(11-15(14)33-21)17-10-16(22)26-20(27-17)32-2/h4-7,10H,3,8-9,11H2,1-2H3,(H,23,30)(H2,24,25,28,31).